The Labute approximate surface area is 73.6 Å². The Morgan fingerprint density at radius 1 is 1.00 bits per heavy atom. The lowest BCUT2D eigenvalue weighted by molar-refractivity contribution is -0.123. The molecule has 0 aromatic rings. The fraction of sp³-hybridized carbons (Fsp3) is 1.00. The van der Waals surface area contributed by atoms with Crippen molar-refractivity contribution in [1.29, 1.82) is 0 Å². The molecule has 0 spiro atoms. The largest absolute Gasteiger partial charge is 0.396 e. The number of hydrogen-bond acceptors (Lipinski definition) is 2. The molecule has 2 N–H and O–H groups in total. The zero-order valence-corrected chi connectivity index (χ0v) is 7.50. The van der Waals surface area contributed by atoms with Crippen LogP contribution in [0.4, 0.5) is 0 Å². The molecule has 3 rings (SSSR count). The predicted molar refractivity (Wildman–Crippen MR) is 46.7 cm³/mol. The monoisotopic (exact) mass is 170 g/mol. The molecule has 12 heavy (non-hydrogen) atoms. The van der Waals surface area contributed by atoms with Crippen LogP contribution in [0, 0.1) is 17.3 Å². The predicted octanol–water partition coefficient (Wildman–Crippen LogP) is 1.17. The van der Waals surface area contributed by atoms with Crippen LogP contribution >= 0.6 is 0 Å². The normalized spacial score (nSPS) is 38.5. The van der Waals surface area contributed by atoms with Crippen LogP contribution in [0.2, 0.25) is 0 Å². The van der Waals surface area contributed by atoms with E-state index < -0.39 is 0 Å². The molecule has 2 bridgehead atoms. The highest BCUT2D eigenvalue weighted by Crippen LogP contribution is 2.57. The highest BCUT2D eigenvalue weighted by Gasteiger charge is 2.54. The minimum Gasteiger partial charge on any atom is -0.396 e. The van der Waals surface area contributed by atoms with E-state index in [9.17, 15) is 10.2 Å². The number of aliphatic hydroxyl groups is 2. The van der Waals surface area contributed by atoms with Gasteiger partial charge in [-0.3, -0.25) is 0 Å². The molecule has 2 unspecified atom stereocenters. The van der Waals surface area contributed by atoms with Gasteiger partial charge < -0.3 is 10.2 Å². The summed E-state index contributed by atoms with van der Waals surface area (Å²) < 4.78 is 0. The van der Waals surface area contributed by atoms with Gasteiger partial charge in [-0.15, -0.1) is 0 Å². The summed E-state index contributed by atoms with van der Waals surface area (Å²) >= 11 is 0. The second-order valence-corrected chi connectivity index (χ2v) is 4.46. The average Bonchev–Trinajstić information content (AvgIpc) is 2.39. The zero-order chi connectivity index (χ0) is 8.60. The van der Waals surface area contributed by atoms with Crippen molar-refractivity contribution in [3.63, 3.8) is 0 Å². The van der Waals surface area contributed by atoms with Crippen molar-refractivity contribution in [3.05, 3.63) is 0 Å². The molecule has 70 valence electrons. The maximum Gasteiger partial charge on any atom is 0.0514 e. The molecular formula is C10H18O2. The summed E-state index contributed by atoms with van der Waals surface area (Å²) in [6.45, 7) is 0.387. The van der Waals surface area contributed by atoms with E-state index in [1.54, 1.807) is 0 Å². The lowest BCUT2D eigenvalue weighted by Gasteiger charge is -2.53. The Hall–Kier alpha value is -0.0800. The van der Waals surface area contributed by atoms with E-state index in [1.165, 1.54) is 32.1 Å². The number of fused-ring (bicyclic) bond motifs is 3. The zero-order valence-electron chi connectivity index (χ0n) is 7.50. The highest BCUT2D eigenvalue weighted by molar-refractivity contribution is 5.02. The van der Waals surface area contributed by atoms with Crippen LogP contribution in [0.5, 0.6) is 0 Å². The molecule has 0 saturated heterocycles. The van der Waals surface area contributed by atoms with Crippen LogP contribution in [0.15, 0.2) is 0 Å². The standard InChI is InChI=1S/C10H18O2/c11-6-10(7-12)8-3-1-2-4-9(10)5-8/h8-9,11-12H,1-7H2. The van der Waals surface area contributed by atoms with Crippen molar-refractivity contribution in [2.75, 3.05) is 13.2 Å². The van der Waals surface area contributed by atoms with E-state index in [4.69, 9.17) is 0 Å². The Morgan fingerprint density at radius 2 is 1.50 bits per heavy atom. The molecule has 3 aliphatic rings. The summed E-state index contributed by atoms with van der Waals surface area (Å²) in [6.07, 6.45) is 6.28. The molecule has 2 heteroatoms. The van der Waals surface area contributed by atoms with Crippen LogP contribution in [0.3, 0.4) is 0 Å². The average molecular weight is 170 g/mol. The van der Waals surface area contributed by atoms with Gasteiger partial charge in [0, 0.05) is 5.41 Å². The molecule has 0 amide bonds. The lowest BCUT2D eigenvalue weighted by atomic mass is 9.53. The summed E-state index contributed by atoms with van der Waals surface area (Å²) in [5, 5.41) is 18.6. The Kier molecular flexibility index (Phi) is 2.13. The topological polar surface area (TPSA) is 40.5 Å². The van der Waals surface area contributed by atoms with Gasteiger partial charge in [-0.2, -0.15) is 0 Å². The molecule has 3 fully saturated rings. The van der Waals surface area contributed by atoms with Gasteiger partial charge in [-0.1, -0.05) is 12.8 Å². The molecule has 2 nitrogen and oxygen atoms in total. The molecule has 2 atom stereocenters. The van der Waals surface area contributed by atoms with Gasteiger partial charge in [-0.05, 0) is 31.1 Å². The Balaban J connectivity index is 2.14. The third-order valence-electron chi connectivity index (χ3n) is 4.14. The van der Waals surface area contributed by atoms with E-state index in [0.29, 0.717) is 11.8 Å². The smallest absolute Gasteiger partial charge is 0.0514 e. The van der Waals surface area contributed by atoms with Gasteiger partial charge in [0.05, 0.1) is 13.2 Å². The van der Waals surface area contributed by atoms with Gasteiger partial charge >= 0.3 is 0 Å². The van der Waals surface area contributed by atoms with Gasteiger partial charge in [0.1, 0.15) is 0 Å². The minimum absolute atomic E-state index is 0.0868. The first-order chi connectivity index (χ1) is 5.83. The maximum absolute atomic E-state index is 9.31. The Bertz CT molecular complexity index is 145. The molecule has 0 heterocycles. The van der Waals surface area contributed by atoms with Crippen molar-refractivity contribution < 1.29 is 10.2 Å². The molecule has 0 radical (unpaired) electrons. The second kappa shape index (κ2) is 3.00. The SMILES string of the molecule is OCC1(CO)C2CCCCC1C2. The minimum atomic E-state index is -0.0868. The van der Waals surface area contributed by atoms with Gasteiger partial charge in [0.2, 0.25) is 0 Å². The molecule has 0 aliphatic heterocycles. The van der Waals surface area contributed by atoms with Crippen LogP contribution < -0.4 is 0 Å². The van der Waals surface area contributed by atoms with Crippen molar-refractivity contribution in [1.82, 2.24) is 0 Å². The van der Waals surface area contributed by atoms with Crippen molar-refractivity contribution in [2.45, 2.75) is 32.1 Å². The number of rotatable bonds is 2. The summed E-state index contributed by atoms with van der Waals surface area (Å²) in [5.74, 6) is 1.22. The summed E-state index contributed by atoms with van der Waals surface area (Å²) in [4.78, 5) is 0. The first kappa shape index (κ1) is 8.52. The van der Waals surface area contributed by atoms with E-state index in [1.807, 2.05) is 0 Å². The van der Waals surface area contributed by atoms with Crippen LogP contribution in [0.1, 0.15) is 32.1 Å². The summed E-state index contributed by atoms with van der Waals surface area (Å²) in [5.41, 5.74) is -0.0868. The van der Waals surface area contributed by atoms with Gasteiger partial charge in [0.15, 0.2) is 0 Å². The third-order valence-corrected chi connectivity index (χ3v) is 4.14. The first-order valence-electron chi connectivity index (χ1n) is 5.05. The van der Waals surface area contributed by atoms with Crippen molar-refractivity contribution in [2.24, 2.45) is 17.3 Å². The fourth-order valence-electron chi connectivity index (χ4n) is 3.14. The number of aliphatic hydroxyl groups excluding tert-OH is 2. The van der Waals surface area contributed by atoms with Gasteiger partial charge in [0.25, 0.3) is 0 Å². The molecule has 0 aromatic carbocycles. The van der Waals surface area contributed by atoms with Crippen LogP contribution in [0.25, 0.3) is 0 Å². The van der Waals surface area contributed by atoms with Gasteiger partial charge in [-0.25, -0.2) is 0 Å². The summed E-state index contributed by atoms with van der Waals surface area (Å²) in [7, 11) is 0. The highest BCUT2D eigenvalue weighted by atomic mass is 16.3. The third kappa shape index (κ3) is 0.944. The van der Waals surface area contributed by atoms with E-state index in [-0.39, 0.29) is 18.6 Å². The molecule has 0 aromatic heterocycles. The maximum atomic E-state index is 9.31. The van der Waals surface area contributed by atoms with Crippen molar-refractivity contribution >= 4 is 0 Å². The van der Waals surface area contributed by atoms with E-state index >= 15 is 0 Å². The second-order valence-electron chi connectivity index (χ2n) is 4.46. The molecular weight excluding hydrogens is 152 g/mol. The first-order valence-corrected chi connectivity index (χ1v) is 5.05. The Morgan fingerprint density at radius 3 is 1.92 bits per heavy atom. The summed E-state index contributed by atoms with van der Waals surface area (Å²) in [6, 6.07) is 0. The molecule has 3 saturated carbocycles. The van der Waals surface area contributed by atoms with Crippen LogP contribution in [-0.4, -0.2) is 23.4 Å². The lowest BCUT2D eigenvalue weighted by Crippen LogP contribution is -2.53. The van der Waals surface area contributed by atoms with E-state index in [2.05, 4.69) is 0 Å². The quantitative estimate of drug-likeness (QED) is 0.653. The van der Waals surface area contributed by atoms with Crippen LogP contribution in [-0.2, 0) is 0 Å². The van der Waals surface area contributed by atoms with Crippen molar-refractivity contribution in [3.8, 4) is 0 Å². The van der Waals surface area contributed by atoms with E-state index in [0.717, 1.165) is 0 Å². The number of hydrogen-bond donors (Lipinski definition) is 2. The molecule has 3 aliphatic carbocycles. The fourth-order valence-corrected chi connectivity index (χ4v) is 3.14.